The number of piperidine rings is 1. The van der Waals surface area contributed by atoms with Crippen LogP contribution in [0.3, 0.4) is 0 Å². The Balaban J connectivity index is 0.000000449. The van der Waals surface area contributed by atoms with Crippen LogP contribution in [0.2, 0.25) is 0 Å². The molecule has 2 atom stereocenters. The van der Waals surface area contributed by atoms with Crippen LogP contribution in [0.15, 0.2) is 47.3 Å². The number of aliphatic carboxylic acids is 3. The molecular formula is C22H23F6N3O8. The Morgan fingerprint density at radius 2 is 1.59 bits per heavy atom. The van der Waals surface area contributed by atoms with Gasteiger partial charge in [0.1, 0.15) is 6.04 Å². The zero-order valence-electron chi connectivity index (χ0n) is 20.0. The van der Waals surface area contributed by atoms with Gasteiger partial charge in [0, 0.05) is 31.5 Å². The number of carboxylic acid groups (broad SMARTS) is 3. The molecule has 1 saturated heterocycles. The van der Waals surface area contributed by atoms with Crippen molar-refractivity contribution in [2.45, 2.75) is 43.8 Å². The Bertz CT molecular complexity index is 1070. The molecule has 17 heteroatoms. The molecule has 2 aromatic rings. The number of halogens is 6. The number of hydrogen-bond acceptors (Lipinski definition) is 7. The van der Waals surface area contributed by atoms with Gasteiger partial charge in [-0.05, 0) is 43.7 Å². The maximum absolute atomic E-state index is 12.5. The van der Waals surface area contributed by atoms with Gasteiger partial charge in [-0.3, -0.25) is 14.7 Å². The van der Waals surface area contributed by atoms with Crippen LogP contribution in [0.25, 0.3) is 0 Å². The van der Waals surface area contributed by atoms with E-state index in [0.29, 0.717) is 25.9 Å². The molecular weight excluding hydrogens is 548 g/mol. The van der Waals surface area contributed by atoms with Crippen molar-refractivity contribution >= 4 is 23.8 Å². The molecule has 216 valence electrons. The molecule has 0 spiro atoms. The second-order valence-corrected chi connectivity index (χ2v) is 7.89. The average molecular weight is 571 g/mol. The number of pyridine rings is 1. The maximum atomic E-state index is 12.5. The number of alkyl halides is 6. The molecule has 3 N–H and O–H groups in total. The summed E-state index contributed by atoms with van der Waals surface area (Å²) >= 11 is 0. The van der Waals surface area contributed by atoms with Gasteiger partial charge in [-0.1, -0.05) is 6.07 Å². The third-order valence-electron chi connectivity index (χ3n) is 5.12. The van der Waals surface area contributed by atoms with E-state index in [-0.39, 0.29) is 17.7 Å². The summed E-state index contributed by atoms with van der Waals surface area (Å²) in [6.07, 6.45) is -4.12. The summed E-state index contributed by atoms with van der Waals surface area (Å²) in [5.41, 5.74) is 1.07. The molecule has 0 bridgehead atoms. The minimum absolute atomic E-state index is 0.0851. The predicted octanol–water partition coefficient (Wildman–Crippen LogP) is 3.13. The Morgan fingerprint density at radius 1 is 1.03 bits per heavy atom. The highest BCUT2D eigenvalue weighted by molar-refractivity contribution is 5.94. The molecule has 2 unspecified atom stereocenters. The number of rotatable bonds is 5. The van der Waals surface area contributed by atoms with E-state index in [1.54, 1.807) is 24.5 Å². The molecule has 2 aromatic heterocycles. The Labute approximate surface area is 216 Å². The Morgan fingerprint density at radius 3 is 2.00 bits per heavy atom. The van der Waals surface area contributed by atoms with E-state index in [9.17, 15) is 41.0 Å². The van der Waals surface area contributed by atoms with Crippen molar-refractivity contribution in [2.24, 2.45) is 0 Å². The van der Waals surface area contributed by atoms with Crippen molar-refractivity contribution in [1.82, 2.24) is 14.8 Å². The SMILES string of the molecule is CN(Cc1cccnc1)C1CCN(C(=O)c2ccco2)C(C(=O)O)C1.O=C(O)C(F)(F)F.O=C(O)C(F)(F)F. The summed E-state index contributed by atoms with van der Waals surface area (Å²) in [4.78, 5) is 49.6. The van der Waals surface area contributed by atoms with Crippen LogP contribution in [0.1, 0.15) is 29.0 Å². The van der Waals surface area contributed by atoms with E-state index in [1.165, 1.54) is 11.2 Å². The van der Waals surface area contributed by atoms with Crippen molar-refractivity contribution in [3.05, 3.63) is 54.2 Å². The van der Waals surface area contributed by atoms with Crippen LogP contribution in [-0.4, -0.2) is 91.9 Å². The zero-order valence-corrected chi connectivity index (χ0v) is 20.0. The summed E-state index contributed by atoms with van der Waals surface area (Å²) in [5, 5.41) is 23.8. The van der Waals surface area contributed by atoms with E-state index < -0.39 is 36.3 Å². The summed E-state index contributed by atoms with van der Waals surface area (Å²) < 4.78 is 68.6. The van der Waals surface area contributed by atoms with Gasteiger partial charge < -0.3 is 24.6 Å². The Kier molecular flexibility index (Phi) is 11.9. The molecule has 3 heterocycles. The lowest BCUT2D eigenvalue weighted by Gasteiger charge is -2.40. The minimum Gasteiger partial charge on any atom is -0.480 e. The number of likely N-dealkylation sites (tertiary alicyclic amines) is 1. The van der Waals surface area contributed by atoms with Crippen LogP contribution < -0.4 is 0 Å². The van der Waals surface area contributed by atoms with Gasteiger partial charge in [-0.15, -0.1) is 0 Å². The lowest BCUT2D eigenvalue weighted by atomic mass is 9.95. The van der Waals surface area contributed by atoms with Gasteiger partial charge in [-0.2, -0.15) is 26.3 Å². The predicted molar refractivity (Wildman–Crippen MR) is 117 cm³/mol. The molecule has 1 amide bonds. The number of carboxylic acids is 3. The third kappa shape index (κ3) is 11.0. The van der Waals surface area contributed by atoms with E-state index in [1.807, 2.05) is 19.2 Å². The van der Waals surface area contributed by atoms with Crippen LogP contribution in [0.4, 0.5) is 26.3 Å². The number of aromatic nitrogens is 1. The van der Waals surface area contributed by atoms with E-state index in [2.05, 4.69) is 9.88 Å². The zero-order chi connectivity index (χ0) is 30.0. The molecule has 0 aromatic carbocycles. The quantitative estimate of drug-likeness (QED) is 0.455. The van der Waals surface area contributed by atoms with Crippen molar-refractivity contribution in [1.29, 1.82) is 0 Å². The summed E-state index contributed by atoms with van der Waals surface area (Å²) in [6, 6.07) is 6.29. The fraction of sp³-hybridized carbons (Fsp3) is 0.409. The van der Waals surface area contributed by atoms with Crippen LogP contribution >= 0.6 is 0 Å². The molecule has 3 rings (SSSR count). The monoisotopic (exact) mass is 571 g/mol. The lowest BCUT2D eigenvalue weighted by molar-refractivity contribution is -0.193. The van der Waals surface area contributed by atoms with Gasteiger partial charge in [0.05, 0.1) is 6.26 Å². The second kappa shape index (κ2) is 14.1. The minimum atomic E-state index is -5.08. The number of nitrogens with zero attached hydrogens (tertiary/aromatic N) is 3. The van der Waals surface area contributed by atoms with Gasteiger partial charge in [-0.25, -0.2) is 14.4 Å². The highest BCUT2D eigenvalue weighted by Gasteiger charge is 2.39. The first kappa shape index (κ1) is 32.9. The van der Waals surface area contributed by atoms with Gasteiger partial charge >= 0.3 is 30.3 Å². The molecule has 11 nitrogen and oxygen atoms in total. The summed E-state index contributed by atoms with van der Waals surface area (Å²) in [7, 11) is 1.97. The molecule has 1 fully saturated rings. The van der Waals surface area contributed by atoms with Crippen molar-refractivity contribution < 1.29 is 65.3 Å². The molecule has 1 aliphatic rings. The van der Waals surface area contributed by atoms with Crippen molar-refractivity contribution in [3.8, 4) is 0 Å². The number of furan rings is 1. The standard InChI is InChI=1S/C18H21N3O4.2C2HF3O2/c1-20(12-13-4-2-7-19-11-13)14-6-8-21(15(10-14)18(23)24)17(22)16-5-3-9-25-16;2*3-2(4,5)1(6)7/h2-5,7,9,11,14-15H,6,8,10,12H2,1H3,(H,23,24);2*(H,6,7). The first-order chi connectivity index (χ1) is 17.9. The molecule has 1 aliphatic heterocycles. The van der Waals surface area contributed by atoms with Crippen LogP contribution in [0.5, 0.6) is 0 Å². The first-order valence-electron chi connectivity index (χ1n) is 10.7. The molecule has 39 heavy (non-hydrogen) atoms. The number of carbonyl (C=O) groups is 4. The van der Waals surface area contributed by atoms with Crippen LogP contribution in [0, 0.1) is 0 Å². The fourth-order valence-corrected chi connectivity index (χ4v) is 3.27. The largest absolute Gasteiger partial charge is 0.490 e. The number of carbonyl (C=O) groups excluding carboxylic acids is 1. The third-order valence-corrected chi connectivity index (χ3v) is 5.12. The smallest absolute Gasteiger partial charge is 0.480 e. The highest BCUT2D eigenvalue weighted by Crippen LogP contribution is 2.24. The maximum Gasteiger partial charge on any atom is 0.490 e. The highest BCUT2D eigenvalue weighted by atomic mass is 19.4. The fourth-order valence-electron chi connectivity index (χ4n) is 3.27. The van der Waals surface area contributed by atoms with E-state index in [4.69, 9.17) is 24.2 Å². The molecule has 0 radical (unpaired) electrons. The van der Waals surface area contributed by atoms with Crippen molar-refractivity contribution in [3.63, 3.8) is 0 Å². The Hall–Kier alpha value is -4.15. The summed E-state index contributed by atoms with van der Waals surface area (Å²) in [6.45, 7) is 1.08. The first-order valence-corrected chi connectivity index (χ1v) is 10.7. The van der Waals surface area contributed by atoms with E-state index >= 15 is 0 Å². The average Bonchev–Trinajstić information content (AvgIpc) is 3.38. The van der Waals surface area contributed by atoms with Crippen LogP contribution in [-0.2, 0) is 20.9 Å². The van der Waals surface area contributed by atoms with Crippen molar-refractivity contribution in [2.75, 3.05) is 13.6 Å². The topological polar surface area (TPSA) is 161 Å². The van der Waals surface area contributed by atoms with Gasteiger partial charge in [0.15, 0.2) is 5.76 Å². The number of hydrogen-bond donors (Lipinski definition) is 3. The number of amides is 1. The van der Waals surface area contributed by atoms with E-state index in [0.717, 1.165) is 5.56 Å². The van der Waals surface area contributed by atoms with Gasteiger partial charge in [0.25, 0.3) is 5.91 Å². The second-order valence-electron chi connectivity index (χ2n) is 7.89. The molecule has 0 aliphatic carbocycles. The van der Waals surface area contributed by atoms with Gasteiger partial charge in [0.2, 0.25) is 0 Å². The lowest BCUT2D eigenvalue weighted by Crippen LogP contribution is -2.54. The summed E-state index contributed by atoms with van der Waals surface area (Å²) in [5.74, 6) is -6.70. The molecule has 0 saturated carbocycles. The normalized spacial score (nSPS) is 17.3.